The predicted molar refractivity (Wildman–Crippen MR) is 129 cm³/mol. The minimum absolute atomic E-state index is 0.124. The van der Waals surface area contributed by atoms with Gasteiger partial charge in [-0.15, -0.1) is 0 Å². The van der Waals surface area contributed by atoms with Crippen LogP contribution in [0.25, 0.3) is 11.1 Å². The maximum Gasteiger partial charge on any atom is 0.418 e. The minimum atomic E-state index is -4.83. The lowest BCUT2D eigenvalue weighted by Gasteiger charge is -2.26. The maximum atomic E-state index is 13.7. The summed E-state index contributed by atoms with van der Waals surface area (Å²) >= 11 is 0. The van der Waals surface area contributed by atoms with Crippen LogP contribution in [0.3, 0.4) is 0 Å². The van der Waals surface area contributed by atoms with Gasteiger partial charge in [0.25, 0.3) is 0 Å². The monoisotopic (exact) mass is 525 g/mol. The molecule has 198 valence electrons. The molecule has 0 heterocycles. The van der Waals surface area contributed by atoms with Gasteiger partial charge in [0.15, 0.2) is 0 Å². The molecular weight excluding hydrogens is 499 g/mol. The highest BCUT2D eigenvalue weighted by Crippen LogP contribution is 2.41. The Morgan fingerprint density at radius 1 is 0.838 bits per heavy atom. The number of rotatable bonds is 7. The molecule has 0 aliphatic rings. The van der Waals surface area contributed by atoms with E-state index in [9.17, 15) is 35.5 Å². The van der Waals surface area contributed by atoms with Crippen LogP contribution in [-0.2, 0) is 17.1 Å². The van der Waals surface area contributed by atoms with Gasteiger partial charge in [-0.1, -0.05) is 32.0 Å². The van der Waals surface area contributed by atoms with E-state index in [4.69, 9.17) is 0 Å². The molecule has 9 heteroatoms. The highest BCUT2D eigenvalue weighted by molar-refractivity contribution is 5.85. The molecule has 0 amide bonds. The van der Waals surface area contributed by atoms with E-state index in [1.54, 1.807) is 12.1 Å². The Hall–Kier alpha value is -3.36. The standard InChI is InChI=1S/C28H26F7NO/c1-16(2)11-24(17(3)37)20-12-19(18-5-7-21(8-6-18)27(30,31)32)13-23(14-20)36(4)26-10-9-22(29)15-25(26)28(33,34)35/h5-10,12-16,24H,11H2,1-4H3. The molecule has 0 radical (unpaired) electrons. The van der Waals surface area contributed by atoms with Crippen molar-refractivity contribution in [2.45, 2.75) is 45.5 Å². The lowest BCUT2D eigenvalue weighted by molar-refractivity contribution is -0.138. The predicted octanol–water partition coefficient (Wildman–Crippen LogP) is 9.02. The molecule has 2 nitrogen and oxygen atoms in total. The molecule has 0 aliphatic carbocycles. The van der Waals surface area contributed by atoms with Gasteiger partial charge in [-0.2, -0.15) is 26.3 Å². The Morgan fingerprint density at radius 3 is 1.97 bits per heavy atom. The van der Waals surface area contributed by atoms with E-state index in [1.807, 2.05) is 13.8 Å². The smallest absolute Gasteiger partial charge is 0.344 e. The molecule has 0 spiro atoms. The summed E-state index contributed by atoms with van der Waals surface area (Å²) in [6.07, 6.45) is -8.89. The van der Waals surface area contributed by atoms with E-state index in [-0.39, 0.29) is 23.1 Å². The van der Waals surface area contributed by atoms with Gasteiger partial charge < -0.3 is 4.90 Å². The number of benzene rings is 3. The van der Waals surface area contributed by atoms with Crippen LogP contribution in [0, 0.1) is 11.7 Å². The quantitative estimate of drug-likeness (QED) is 0.287. The molecule has 1 atom stereocenters. The van der Waals surface area contributed by atoms with Gasteiger partial charge in [0, 0.05) is 18.7 Å². The number of alkyl halides is 6. The van der Waals surface area contributed by atoms with Crippen molar-refractivity contribution in [2.24, 2.45) is 5.92 Å². The van der Waals surface area contributed by atoms with E-state index in [0.29, 0.717) is 29.2 Å². The van der Waals surface area contributed by atoms with Crippen molar-refractivity contribution in [1.82, 2.24) is 0 Å². The van der Waals surface area contributed by atoms with Crippen molar-refractivity contribution in [3.8, 4) is 11.1 Å². The largest absolute Gasteiger partial charge is 0.418 e. The molecule has 0 fully saturated rings. The van der Waals surface area contributed by atoms with Crippen molar-refractivity contribution in [3.05, 3.63) is 83.2 Å². The summed E-state index contributed by atoms with van der Waals surface area (Å²) in [4.78, 5) is 13.8. The zero-order valence-electron chi connectivity index (χ0n) is 20.6. The Balaban J connectivity index is 2.21. The number of carbonyl (C=O) groups excluding carboxylic acids is 1. The third kappa shape index (κ3) is 6.70. The molecule has 0 aliphatic heterocycles. The molecule has 37 heavy (non-hydrogen) atoms. The van der Waals surface area contributed by atoms with Crippen LogP contribution in [0.4, 0.5) is 42.1 Å². The average molecular weight is 526 g/mol. The molecule has 1 unspecified atom stereocenters. The Bertz CT molecular complexity index is 1260. The third-order valence-corrected chi connectivity index (χ3v) is 6.10. The van der Waals surface area contributed by atoms with Gasteiger partial charge in [-0.25, -0.2) is 4.39 Å². The number of ketones is 1. The van der Waals surface area contributed by atoms with Crippen molar-refractivity contribution >= 4 is 17.2 Å². The van der Waals surface area contributed by atoms with E-state index in [2.05, 4.69) is 0 Å². The number of Topliss-reactive ketones (excluding diaryl/α,β-unsaturated/α-hetero) is 1. The first-order chi connectivity index (χ1) is 17.1. The van der Waals surface area contributed by atoms with Gasteiger partial charge in [0.05, 0.1) is 16.8 Å². The molecular formula is C28H26F7NO. The lowest BCUT2D eigenvalue weighted by Crippen LogP contribution is -2.18. The highest BCUT2D eigenvalue weighted by Gasteiger charge is 2.35. The summed E-state index contributed by atoms with van der Waals surface area (Å²) < 4.78 is 94.0. The maximum absolute atomic E-state index is 13.7. The van der Waals surface area contributed by atoms with Gasteiger partial charge in [-0.05, 0) is 78.4 Å². The summed E-state index contributed by atoms with van der Waals surface area (Å²) in [6, 6.07) is 11.5. The number of halogens is 7. The highest BCUT2D eigenvalue weighted by atomic mass is 19.4. The minimum Gasteiger partial charge on any atom is -0.344 e. The van der Waals surface area contributed by atoms with Gasteiger partial charge in [0.2, 0.25) is 0 Å². The summed E-state index contributed by atoms with van der Waals surface area (Å²) in [6.45, 7) is 5.27. The summed E-state index contributed by atoms with van der Waals surface area (Å²) in [5.74, 6) is -1.64. The molecule has 3 rings (SSSR count). The Labute approximate surface area is 210 Å². The zero-order valence-corrected chi connectivity index (χ0v) is 20.6. The first kappa shape index (κ1) is 28.2. The van der Waals surface area contributed by atoms with Gasteiger partial charge >= 0.3 is 12.4 Å². The SMILES string of the molecule is CC(=O)C(CC(C)C)c1cc(-c2ccc(C(F)(F)F)cc2)cc(N(C)c2ccc(F)cc2C(F)(F)F)c1. The fraction of sp³-hybridized carbons (Fsp3) is 0.321. The summed E-state index contributed by atoms with van der Waals surface area (Å²) in [7, 11) is 1.38. The van der Waals surface area contributed by atoms with Gasteiger partial charge in [-0.3, -0.25) is 4.79 Å². The molecule has 0 aromatic heterocycles. The van der Waals surface area contributed by atoms with E-state index in [1.165, 1.54) is 37.1 Å². The molecule has 0 saturated carbocycles. The molecule has 0 bridgehead atoms. The second-order valence-corrected chi connectivity index (χ2v) is 9.40. The number of hydrogen-bond acceptors (Lipinski definition) is 2. The second kappa shape index (κ2) is 10.6. The Kier molecular flexibility index (Phi) is 8.05. The van der Waals surface area contributed by atoms with Crippen LogP contribution >= 0.6 is 0 Å². The van der Waals surface area contributed by atoms with Crippen LogP contribution in [0.2, 0.25) is 0 Å². The van der Waals surface area contributed by atoms with E-state index < -0.39 is 35.2 Å². The van der Waals surface area contributed by atoms with Crippen LogP contribution in [0.15, 0.2) is 60.7 Å². The molecule has 0 N–H and O–H groups in total. The number of hydrogen-bond donors (Lipinski definition) is 0. The van der Waals surface area contributed by atoms with Crippen molar-refractivity contribution in [1.29, 1.82) is 0 Å². The fourth-order valence-corrected chi connectivity index (χ4v) is 4.22. The number of anilines is 2. The average Bonchev–Trinajstić information content (AvgIpc) is 2.80. The summed E-state index contributed by atoms with van der Waals surface area (Å²) in [5, 5.41) is 0. The Morgan fingerprint density at radius 2 is 1.46 bits per heavy atom. The van der Waals surface area contributed by atoms with Crippen LogP contribution in [-0.4, -0.2) is 12.8 Å². The van der Waals surface area contributed by atoms with E-state index >= 15 is 0 Å². The second-order valence-electron chi connectivity index (χ2n) is 9.40. The van der Waals surface area contributed by atoms with Crippen molar-refractivity contribution < 1.29 is 35.5 Å². The first-order valence-corrected chi connectivity index (χ1v) is 11.5. The molecule has 3 aromatic rings. The van der Waals surface area contributed by atoms with Crippen LogP contribution < -0.4 is 4.90 Å². The third-order valence-electron chi connectivity index (χ3n) is 6.10. The van der Waals surface area contributed by atoms with E-state index in [0.717, 1.165) is 24.3 Å². The number of nitrogens with zero attached hydrogens (tertiary/aromatic N) is 1. The fourth-order valence-electron chi connectivity index (χ4n) is 4.22. The lowest BCUT2D eigenvalue weighted by atomic mass is 9.85. The summed E-state index contributed by atoms with van der Waals surface area (Å²) in [5.41, 5.74) is -0.720. The van der Waals surface area contributed by atoms with Gasteiger partial charge in [0.1, 0.15) is 11.6 Å². The first-order valence-electron chi connectivity index (χ1n) is 11.5. The van der Waals surface area contributed by atoms with Crippen LogP contribution in [0.1, 0.15) is 49.8 Å². The topological polar surface area (TPSA) is 20.3 Å². The van der Waals surface area contributed by atoms with Crippen LogP contribution in [0.5, 0.6) is 0 Å². The molecule has 3 aromatic carbocycles. The normalized spacial score (nSPS) is 13.1. The zero-order chi connectivity index (χ0) is 27.7. The van der Waals surface area contributed by atoms with Crippen molar-refractivity contribution in [3.63, 3.8) is 0 Å². The molecule has 0 saturated heterocycles. The number of carbonyl (C=O) groups is 1. The van der Waals surface area contributed by atoms with Crippen molar-refractivity contribution in [2.75, 3.05) is 11.9 Å².